The molecule has 0 bridgehead atoms. The first-order chi connectivity index (χ1) is 16.4. The molecule has 0 saturated heterocycles. The van der Waals surface area contributed by atoms with Crippen molar-refractivity contribution in [1.29, 1.82) is 0 Å². The number of urea groups is 1. The second-order valence-electron chi connectivity index (χ2n) is 9.10. The second-order valence-corrected chi connectivity index (χ2v) is 9.10. The van der Waals surface area contributed by atoms with Gasteiger partial charge in [-0.15, -0.1) is 0 Å². The molecule has 5 heteroatoms. The number of aromatic nitrogens is 2. The molecule has 1 aromatic heterocycles. The topological polar surface area (TPSA) is 52.2 Å². The summed E-state index contributed by atoms with van der Waals surface area (Å²) in [5, 5.41) is 0. The van der Waals surface area contributed by atoms with Gasteiger partial charge < -0.3 is 14.8 Å². The predicted molar refractivity (Wildman–Crippen MR) is 140 cm³/mol. The average Bonchev–Trinajstić information content (AvgIpc) is 3.23. The highest BCUT2D eigenvalue weighted by Crippen LogP contribution is 2.27. The smallest absolute Gasteiger partial charge is 0.320 e. The molecule has 34 heavy (non-hydrogen) atoms. The van der Waals surface area contributed by atoms with Crippen LogP contribution in [-0.2, 0) is 6.54 Å². The molecule has 176 valence electrons. The summed E-state index contributed by atoms with van der Waals surface area (Å²) < 4.78 is 0. The molecule has 0 aliphatic heterocycles. The van der Waals surface area contributed by atoms with E-state index in [0.717, 1.165) is 40.0 Å². The van der Waals surface area contributed by atoms with E-state index in [9.17, 15) is 4.79 Å². The molecule has 1 unspecified atom stereocenters. The fourth-order valence-corrected chi connectivity index (χ4v) is 4.40. The lowest BCUT2D eigenvalue weighted by Gasteiger charge is -2.32. The number of hydrogen-bond acceptors (Lipinski definition) is 2. The number of benzene rings is 3. The molecular formula is C29H34N4O. The first kappa shape index (κ1) is 23.6. The first-order valence-electron chi connectivity index (χ1n) is 12.0. The Balaban J connectivity index is 1.58. The van der Waals surface area contributed by atoms with E-state index >= 15 is 0 Å². The van der Waals surface area contributed by atoms with E-state index in [1.54, 1.807) is 0 Å². The Morgan fingerprint density at radius 2 is 1.71 bits per heavy atom. The van der Waals surface area contributed by atoms with Crippen molar-refractivity contribution in [3.05, 3.63) is 89.2 Å². The van der Waals surface area contributed by atoms with Crippen molar-refractivity contribution < 1.29 is 4.79 Å². The van der Waals surface area contributed by atoms with E-state index in [2.05, 4.69) is 79.3 Å². The van der Waals surface area contributed by atoms with E-state index in [1.165, 1.54) is 11.1 Å². The van der Waals surface area contributed by atoms with Crippen LogP contribution in [0.15, 0.2) is 66.7 Å². The van der Waals surface area contributed by atoms with E-state index in [-0.39, 0.29) is 12.1 Å². The normalized spacial score (nSPS) is 12.0. The number of fused-ring (bicyclic) bond motifs is 1. The zero-order valence-corrected chi connectivity index (χ0v) is 20.8. The molecule has 0 aliphatic carbocycles. The number of hydrogen-bond donors (Lipinski definition) is 1. The highest BCUT2D eigenvalue weighted by molar-refractivity contribution is 5.82. The lowest BCUT2D eigenvalue weighted by atomic mass is 9.99. The molecule has 1 heterocycles. The van der Waals surface area contributed by atoms with Gasteiger partial charge in [0.25, 0.3) is 0 Å². The lowest BCUT2D eigenvalue weighted by Crippen LogP contribution is -2.42. The molecule has 3 aromatic carbocycles. The molecule has 0 aliphatic rings. The largest absolute Gasteiger partial charge is 0.342 e. The van der Waals surface area contributed by atoms with Gasteiger partial charge in [0, 0.05) is 20.1 Å². The third-order valence-corrected chi connectivity index (χ3v) is 6.57. The van der Waals surface area contributed by atoms with Crippen LogP contribution in [-0.4, -0.2) is 39.4 Å². The molecular weight excluding hydrogens is 420 g/mol. The molecule has 1 N–H and O–H groups in total. The summed E-state index contributed by atoms with van der Waals surface area (Å²) in [6.45, 7) is 9.59. The summed E-state index contributed by atoms with van der Waals surface area (Å²) in [5.41, 5.74) is 7.79. The number of amides is 2. The van der Waals surface area contributed by atoms with E-state index in [1.807, 2.05) is 42.0 Å². The zero-order valence-electron chi connectivity index (χ0n) is 20.8. The van der Waals surface area contributed by atoms with Crippen molar-refractivity contribution in [1.82, 2.24) is 19.8 Å². The van der Waals surface area contributed by atoms with Crippen molar-refractivity contribution in [2.75, 3.05) is 13.6 Å². The van der Waals surface area contributed by atoms with Gasteiger partial charge in [-0.25, -0.2) is 9.78 Å². The Bertz CT molecular complexity index is 1280. The molecule has 2 amide bonds. The van der Waals surface area contributed by atoms with Crippen molar-refractivity contribution in [2.45, 2.75) is 46.7 Å². The minimum Gasteiger partial charge on any atom is -0.342 e. The third-order valence-electron chi connectivity index (χ3n) is 6.57. The summed E-state index contributed by atoms with van der Waals surface area (Å²) >= 11 is 0. The average molecular weight is 455 g/mol. The fourth-order valence-electron chi connectivity index (χ4n) is 4.40. The van der Waals surface area contributed by atoms with E-state index in [0.29, 0.717) is 13.1 Å². The van der Waals surface area contributed by atoms with Crippen LogP contribution < -0.4 is 0 Å². The molecule has 0 fully saturated rings. The van der Waals surface area contributed by atoms with Crippen LogP contribution in [0.4, 0.5) is 4.79 Å². The van der Waals surface area contributed by atoms with Crippen molar-refractivity contribution in [3.8, 4) is 11.1 Å². The molecule has 0 saturated carbocycles. The Morgan fingerprint density at radius 3 is 2.44 bits per heavy atom. The maximum Gasteiger partial charge on any atom is 0.320 e. The van der Waals surface area contributed by atoms with Crippen LogP contribution in [0.1, 0.15) is 48.8 Å². The van der Waals surface area contributed by atoms with Gasteiger partial charge in [-0.05, 0) is 73.2 Å². The number of aromatic amines is 1. The third kappa shape index (κ3) is 4.98. The number of nitrogens with one attached hydrogen (secondary N) is 1. The summed E-state index contributed by atoms with van der Waals surface area (Å²) in [7, 11) is 1.90. The highest BCUT2D eigenvalue weighted by Gasteiger charge is 2.23. The summed E-state index contributed by atoms with van der Waals surface area (Å²) in [6, 6.07) is 23.1. The van der Waals surface area contributed by atoms with Crippen LogP contribution >= 0.6 is 0 Å². The summed E-state index contributed by atoms with van der Waals surface area (Å²) in [4.78, 5) is 25.2. The van der Waals surface area contributed by atoms with Crippen LogP contribution in [0.25, 0.3) is 22.2 Å². The summed E-state index contributed by atoms with van der Waals surface area (Å²) in [6.07, 6.45) is 0.911. The van der Waals surface area contributed by atoms with Gasteiger partial charge in [0.2, 0.25) is 0 Å². The number of carbonyl (C=O) groups excluding carboxylic acids is 1. The van der Waals surface area contributed by atoms with E-state index in [4.69, 9.17) is 0 Å². The lowest BCUT2D eigenvalue weighted by molar-refractivity contribution is 0.146. The molecule has 0 radical (unpaired) electrons. The van der Waals surface area contributed by atoms with Gasteiger partial charge in [0.05, 0.1) is 17.1 Å². The minimum absolute atomic E-state index is 0.00470. The number of rotatable bonds is 7. The van der Waals surface area contributed by atoms with Gasteiger partial charge in [-0.1, -0.05) is 55.5 Å². The molecule has 5 nitrogen and oxygen atoms in total. The van der Waals surface area contributed by atoms with Crippen molar-refractivity contribution in [2.24, 2.45) is 0 Å². The van der Waals surface area contributed by atoms with Gasteiger partial charge in [0.15, 0.2) is 0 Å². The first-order valence-corrected chi connectivity index (χ1v) is 12.0. The van der Waals surface area contributed by atoms with Gasteiger partial charge in [-0.2, -0.15) is 0 Å². The second kappa shape index (κ2) is 10.1. The maximum absolute atomic E-state index is 13.5. The van der Waals surface area contributed by atoms with Gasteiger partial charge in [0.1, 0.15) is 5.82 Å². The molecule has 4 aromatic rings. The number of carbonyl (C=O) groups is 1. The Morgan fingerprint density at radius 1 is 1.00 bits per heavy atom. The highest BCUT2D eigenvalue weighted by atomic mass is 16.2. The minimum atomic E-state index is 0.00470. The number of H-pyrrole nitrogens is 1. The van der Waals surface area contributed by atoms with Crippen molar-refractivity contribution in [3.63, 3.8) is 0 Å². The molecule has 4 rings (SSSR count). The fraction of sp³-hybridized carbons (Fsp3) is 0.310. The predicted octanol–water partition coefficient (Wildman–Crippen LogP) is 6.87. The maximum atomic E-state index is 13.5. The van der Waals surface area contributed by atoms with Gasteiger partial charge in [-0.3, -0.25) is 0 Å². The van der Waals surface area contributed by atoms with Crippen LogP contribution in [0.3, 0.4) is 0 Å². The Labute approximate surface area is 202 Å². The van der Waals surface area contributed by atoms with Crippen LogP contribution in [0.2, 0.25) is 0 Å². The SMILES string of the molecule is CCCN(Cc1cc(-c2ccc3nc(C)[nH]c3c2)ccc1C)C(=O)N(C)C(C)c1ccccc1. The number of aryl methyl sites for hydroxylation is 2. The Hall–Kier alpha value is -3.60. The zero-order chi connectivity index (χ0) is 24.2. The quantitative estimate of drug-likeness (QED) is 0.331. The van der Waals surface area contributed by atoms with Crippen molar-refractivity contribution >= 4 is 17.1 Å². The summed E-state index contributed by atoms with van der Waals surface area (Å²) in [5.74, 6) is 0.916. The Kier molecular flexibility index (Phi) is 7.01. The van der Waals surface area contributed by atoms with E-state index < -0.39 is 0 Å². The van der Waals surface area contributed by atoms with Gasteiger partial charge >= 0.3 is 6.03 Å². The number of imidazole rings is 1. The molecule has 1 atom stereocenters. The van der Waals surface area contributed by atoms with Crippen LogP contribution in [0.5, 0.6) is 0 Å². The molecule has 0 spiro atoms. The monoisotopic (exact) mass is 454 g/mol. The standard InChI is InChI=1S/C29H34N4O/c1-6-16-33(29(34)32(5)21(3)23-10-8-7-9-11-23)19-26-17-24(13-12-20(26)2)25-14-15-27-28(18-25)31-22(4)30-27/h7-15,17-18,21H,6,16,19H2,1-5H3,(H,30,31). The van der Waals surface area contributed by atoms with Crippen LogP contribution in [0, 0.1) is 13.8 Å². The number of nitrogens with zero attached hydrogens (tertiary/aromatic N) is 3.